The predicted molar refractivity (Wildman–Crippen MR) is 91.2 cm³/mol. The Morgan fingerprint density at radius 2 is 2.04 bits per heavy atom. The molecule has 24 heavy (non-hydrogen) atoms. The number of rotatable bonds is 4. The van der Waals surface area contributed by atoms with Gasteiger partial charge in [0, 0.05) is 11.5 Å². The van der Waals surface area contributed by atoms with E-state index in [1.807, 2.05) is 30.3 Å². The van der Waals surface area contributed by atoms with Gasteiger partial charge in [0.2, 0.25) is 6.79 Å². The Morgan fingerprint density at radius 3 is 2.83 bits per heavy atom. The number of hydrogen-bond acceptors (Lipinski definition) is 4. The van der Waals surface area contributed by atoms with Crippen molar-refractivity contribution in [1.29, 1.82) is 0 Å². The third-order valence-corrected chi connectivity index (χ3v) is 4.66. The lowest BCUT2D eigenvalue weighted by atomic mass is 9.91. The van der Waals surface area contributed by atoms with Gasteiger partial charge < -0.3 is 18.9 Å². The van der Waals surface area contributed by atoms with Crippen LogP contribution in [0.25, 0.3) is 0 Å². The Labute approximate surface area is 141 Å². The molecule has 0 unspecified atom stereocenters. The van der Waals surface area contributed by atoms with Gasteiger partial charge in [0.05, 0.1) is 7.11 Å². The molecule has 0 aliphatic carbocycles. The molecule has 0 saturated heterocycles. The summed E-state index contributed by atoms with van der Waals surface area (Å²) in [5, 5.41) is 0. The summed E-state index contributed by atoms with van der Waals surface area (Å²) in [7, 11) is 1.68. The zero-order valence-corrected chi connectivity index (χ0v) is 13.9. The van der Waals surface area contributed by atoms with Gasteiger partial charge in [-0.1, -0.05) is 25.1 Å². The van der Waals surface area contributed by atoms with Crippen LogP contribution in [0, 0.1) is 0 Å². The highest BCUT2D eigenvalue weighted by Crippen LogP contribution is 2.51. The summed E-state index contributed by atoms with van der Waals surface area (Å²) in [6, 6.07) is 10.2. The second-order valence-corrected chi connectivity index (χ2v) is 6.15. The minimum atomic E-state index is -0.0672. The normalized spacial score (nSPS) is 20.4. The Bertz CT molecular complexity index is 796. The molecule has 0 aromatic heterocycles. The van der Waals surface area contributed by atoms with E-state index in [4.69, 9.17) is 18.9 Å². The molecule has 124 valence electrons. The highest BCUT2D eigenvalue weighted by atomic mass is 16.7. The largest absolute Gasteiger partial charge is 0.493 e. The van der Waals surface area contributed by atoms with Crippen molar-refractivity contribution >= 4 is 0 Å². The first kappa shape index (κ1) is 14.9. The molecule has 4 rings (SSSR count). The molecular weight excluding hydrogens is 304 g/mol. The van der Waals surface area contributed by atoms with Gasteiger partial charge in [-0.15, -0.1) is 6.58 Å². The molecule has 0 radical (unpaired) electrons. The van der Waals surface area contributed by atoms with E-state index in [0.717, 1.165) is 35.0 Å². The lowest BCUT2D eigenvalue weighted by Gasteiger charge is -2.16. The molecule has 4 nitrogen and oxygen atoms in total. The molecular formula is C20H20O4. The fourth-order valence-electron chi connectivity index (χ4n) is 3.42. The van der Waals surface area contributed by atoms with Gasteiger partial charge >= 0.3 is 0 Å². The molecule has 0 saturated carbocycles. The molecule has 0 amide bonds. The van der Waals surface area contributed by atoms with Crippen molar-refractivity contribution in [2.24, 2.45) is 0 Å². The quantitative estimate of drug-likeness (QED) is 0.782. The van der Waals surface area contributed by atoms with Crippen LogP contribution in [0.3, 0.4) is 0 Å². The van der Waals surface area contributed by atoms with Gasteiger partial charge in [0.15, 0.2) is 23.0 Å². The number of methoxy groups -OCH3 is 1. The average Bonchev–Trinajstić information content (AvgIpc) is 3.19. The third-order valence-electron chi connectivity index (χ3n) is 4.66. The topological polar surface area (TPSA) is 36.9 Å². The Morgan fingerprint density at radius 1 is 1.21 bits per heavy atom. The summed E-state index contributed by atoms with van der Waals surface area (Å²) in [4.78, 5) is 0. The van der Waals surface area contributed by atoms with Crippen LogP contribution in [0.2, 0.25) is 0 Å². The van der Waals surface area contributed by atoms with Crippen LogP contribution >= 0.6 is 0 Å². The lowest BCUT2D eigenvalue weighted by molar-refractivity contribution is 0.173. The first-order valence-corrected chi connectivity index (χ1v) is 8.09. The highest BCUT2D eigenvalue weighted by Gasteiger charge is 2.35. The van der Waals surface area contributed by atoms with E-state index in [0.29, 0.717) is 0 Å². The SMILES string of the molecule is C=CCc1cc(OC)c2c(c1)[C@H](C)[C@@H](c1ccc3c(c1)OCO3)O2. The first-order chi connectivity index (χ1) is 11.7. The van der Waals surface area contributed by atoms with E-state index in [2.05, 4.69) is 19.6 Å². The van der Waals surface area contributed by atoms with Crippen molar-refractivity contribution in [3.63, 3.8) is 0 Å². The molecule has 0 bridgehead atoms. The maximum atomic E-state index is 6.27. The predicted octanol–water partition coefficient (Wildman–Crippen LogP) is 4.39. The minimum Gasteiger partial charge on any atom is -0.493 e. The zero-order valence-electron chi connectivity index (χ0n) is 13.9. The molecule has 4 heteroatoms. The second-order valence-electron chi connectivity index (χ2n) is 6.15. The molecule has 2 aliphatic rings. The lowest BCUT2D eigenvalue weighted by Crippen LogP contribution is -2.07. The Hall–Kier alpha value is -2.62. The fourth-order valence-corrected chi connectivity index (χ4v) is 3.42. The van der Waals surface area contributed by atoms with E-state index in [9.17, 15) is 0 Å². The second kappa shape index (κ2) is 5.78. The van der Waals surface area contributed by atoms with E-state index in [1.54, 1.807) is 7.11 Å². The van der Waals surface area contributed by atoms with Crippen molar-refractivity contribution in [3.05, 3.63) is 59.7 Å². The molecule has 2 atom stereocenters. The number of benzene rings is 2. The standard InChI is InChI=1S/C20H20O4/c1-4-5-13-8-15-12(2)19(24-20(15)18(9-13)21-3)14-6-7-16-17(10-14)23-11-22-16/h4,6-10,12,19H,1,5,11H2,2-3H3/t12-,19-/m0/s1. The van der Waals surface area contributed by atoms with Gasteiger partial charge in [-0.2, -0.15) is 0 Å². The average molecular weight is 324 g/mol. The molecule has 0 spiro atoms. The van der Waals surface area contributed by atoms with Crippen molar-refractivity contribution in [2.45, 2.75) is 25.4 Å². The van der Waals surface area contributed by atoms with Crippen LogP contribution in [0.4, 0.5) is 0 Å². The van der Waals surface area contributed by atoms with Crippen LogP contribution in [0.1, 0.15) is 35.6 Å². The zero-order chi connectivity index (χ0) is 16.7. The molecule has 2 aromatic rings. The molecule has 2 aliphatic heterocycles. The van der Waals surface area contributed by atoms with E-state index in [1.165, 1.54) is 11.1 Å². The van der Waals surface area contributed by atoms with E-state index in [-0.39, 0.29) is 18.8 Å². The summed E-state index contributed by atoms with van der Waals surface area (Å²) in [5.41, 5.74) is 3.44. The number of fused-ring (bicyclic) bond motifs is 2. The summed E-state index contributed by atoms with van der Waals surface area (Å²) in [6.07, 6.45) is 2.64. The smallest absolute Gasteiger partial charge is 0.231 e. The van der Waals surface area contributed by atoms with Crippen LogP contribution < -0.4 is 18.9 Å². The Kier molecular flexibility index (Phi) is 3.60. The van der Waals surface area contributed by atoms with Gasteiger partial charge in [0.1, 0.15) is 6.10 Å². The van der Waals surface area contributed by atoms with Crippen LogP contribution in [0.5, 0.6) is 23.0 Å². The molecule has 0 N–H and O–H groups in total. The van der Waals surface area contributed by atoms with E-state index < -0.39 is 0 Å². The minimum absolute atomic E-state index is 0.0672. The molecule has 0 fully saturated rings. The van der Waals surface area contributed by atoms with Crippen molar-refractivity contribution in [3.8, 4) is 23.0 Å². The Balaban J connectivity index is 1.72. The summed E-state index contributed by atoms with van der Waals surface area (Å²) >= 11 is 0. The van der Waals surface area contributed by atoms with Crippen molar-refractivity contribution in [2.75, 3.05) is 13.9 Å². The maximum absolute atomic E-state index is 6.27. The van der Waals surface area contributed by atoms with Gasteiger partial charge in [-0.25, -0.2) is 0 Å². The highest BCUT2D eigenvalue weighted by molar-refractivity contribution is 5.56. The molecule has 2 heterocycles. The van der Waals surface area contributed by atoms with Gasteiger partial charge in [-0.3, -0.25) is 0 Å². The summed E-state index contributed by atoms with van der Waals surface area (Å²) in [5.74, 6) is 3.39. The van der Waals surface area contributed by atoms with Crippen molar-refractivity contribution < 1.29 is 18.9 Å². The summed E-state index contributed by atoms with van der Waals surface area (Å²) in [6.45, 7) is 6.28. The first-order valence-electron chi connectivity index (χ1n) is 8.09. The van der Waals surface area contributed by atoms with E-state index >= 15 is 0 Å². The summed E-state index contributed by atoms with van der Waals surface area (Å²) < 4.78 is 22.7. The van der Waals surface area contributed by atoms with Crippen LogP contribution in [-0.2, 0) is 6.42 Å². The van der Waals surface area contributed by atoms with Gasteiger partial charge in [-0.05, 0) is 35.7 Å². The molecule has 2 aromatic carbocycles. The maximum Gasteiger partial charge on any atom is 0.231 e. The van der Waals surface area contributed by atoms with Crippen LogP contribution in [0.15, 0.2) is 43.0 Å². The number of hydrogen-bond donors (Lipinski definition) is 0. The van der Waals surface area contributed by atoms with Crippen molar-refractivity contribution in [1.82, 2.24) is 0 Å². The number of ether oxygens (including phenoxy) is 4. The monoisotopic (exact) mass is 324 g/mol. The number of allylic oxidation sites excluding steroid dienone is 1. The van der Waals surface area contributed by atoms with Crippen LogP contribution in [-0.4, -0.2) is 13.9 Å². The fraction of sp³-hybridized carbons (Fsp3) is 0.300. The third kappa shape index (κ3) is 2.30. The van der Waals surface area contributed by atoms with Gasteiger partial charge in [0.25, 0.3) is 0 Å².